The van der Waals surface area contributed by atoms with Crippen molar-refractivity contribution in [2.75, 3.05) is 0 Å². The van der Waals surface area contributed by atoms with Crippen LogP contribution in [0, 0.1) is 6.10 Å². The molecule has 0 heterocycles. The molecule has 0 atom stereocenters. The molecule has 0 unspecified atom stereocenters. The van der Waals surface area contributed by atoms with Gasteiger partial charge in [0.15, 0.2) is 0 Å². The topological polar surface area (TPSA) is 44.8 Å². The third kappa shape index (κ3) is 7.46. The van der Waals surface area contributed by atoms with Gasteiger partial charge in [-0.2, -0.15) is 4.89 Å². The summed E-state index contributed by atoms with van der Waals surface area (Å²) in [7, 11) is 0. The molecule has 0 aliphatic heterocycles. The quantitative estimate of drug-likeness (QED) is 0.343. The number of benzene rings is 1. The molecule has 1 aromatic rings. The van der Waals surface area contributed by atoms with Crippen molar-refractivity contribution >= 4 is 5.97 Å². The highest BCUT2D eigenvalue weighted by Crippen LogP contribution is 2.17. The first kappa shape index (κ1) is 18.5. The molecule has 0 aromatic heterocycles. The summed E-state index contributed by atoms with van der Waals surface area (Å²) in [5.41, 5.74) is 0.440. The van der Waals surface area contributed by atoms with Crippen LogP contribution < -0.4 is 4.74 Å². The van der Waals surface area contributed by atoms with E-state index in [-0.39, 0.29) is 6.10 Å². The molecular weight excluding hydrogens is 280 g/mol. The van der Waals surface area contributed by atoms with Crippen LogP contribution in [0.3, 0.4) is 0 Å². The summed E-state index contributed by atoms with van der Waals surface area (Å²) in [6.45, 7) is 7.91. The Morgan fingerprint density at radius 3 is 2.32 bits per heavy atom. The van der Waals surface area contributed by atoms with E-state index in [2.05, 4.69) is 6.92 Å². The highest BCUT2D eigenvalue weighted by atomic mass is 17.2. The molecule has 1 radical (unpaired) electrons. The Labute approximate surface area is 133 Å². The first-order valence-corrected chi connectivity index (χ1v) is 8.01. The van der Waals surface area contributed by atoms with E-state index < -0.39 is 5.97 Å². The van der Waals surface area contributed by atoms with Crippen molar-refractivity contribution in [3.05, 3.63) is 35.9 Å². The van der Waals surface area contributed by atoms with Crippen LogP contribution in [0.4, 0.5) is 0 Å². The smallest absolute Gasteiger partial charge is 0.373 e. The minimum Gasteiger partial charge on any atom is -0.491 e. The third-order valence-corrected chi connectivity index (χ3v) is 3.10. The van der Waals surface area contributed by atoms with Crippen LogP contribution in [0.5, 0.6) is 5.75 Å². The number of unbranched alkanes of at least 4 members (excludes halogenated alkanes) is 3. The fraction of sp³-hybridized carbons (Fsp3) is 0.556. The molecule has 22 heavy (non-hydrogen) atoms. The monoisotopic (exact) mass is 307 g/mol. The van der Waals surface area contributed by atoms with E-state index in [0.29, 0.717) is 5.56 Å². The van der Waals surface area contributed by atoms with E-state index in [1.807, 2.05) is 20.8 Å². The van der Waals surface area contributed by atoms with Crippen LogP contribution in [0.2, 0.25) is 0 Å². The zero-order valence-electron chi connectivity index (χ0n) is 14.1. The van der Waals surface area contributed by atoms with Crippen molar-refractivity contribution in [1.29, 1.82) is 0 Å². The highest BCUT2D eigenvalue weighted by Gasteiger charge is 2.12. The van der Waals surface area contributed by atoms with Gasteiger partial charge >= 0.3 is 5.97 Å². The number of ether oxygens (including phenoxy) is 1. The van der Waals surface area contributed by atoms with E-state index in [1.165, 1.54) is 19.3 Å². The van der Waals surface area contributed by atoms with Gasteiger partial charge < -0.3 is 4.74 Å². The van der Waals surface area contributed by atoms with Crippen molar-refractivity contribution < 1.29 is 19.3 Å². The lowest BCUT2D eigenvalue weighted by atomic mass is 10.1. The van der Waals surface area contributed by atoms with Gasteiger partial charge in [0.2, 0.25) is 0 Å². The Balaban J connectivity index is 2.32. The Morgan fingerprint density at radius 1 is 1.05 bits per heavy atom. The summed E-state index contributed by atoms with van der Waals surface area (Å²) in [6.07, 6.45) is 6.29. The van der Waals surface area contributed by atoms with Crippen molar-refractivity contribution in [1.82, 2.24) is 0 Å². The first-order valence-electron chi connectivity index (χ1n) is 8.01. The molecule has 0 saturated carbocycles. The van der Waals surface area contributed by atoms with Gasteiger partial charge in [0.25, 0.3) is 0 Å². The average molecular weight is 307 g/mol. The lowest BCUT2D eigenvalue weighted by Gasteiger charge is -2.11. The molecule has 0 spiro atoms. The molecule has 0 N–H and O–H groups in total. The summed E-state index contributed by atoms with van der Waals surface area (Å²) >= 11 is 0. The standard InChI is InChI=1S/C18H27O4/c1-5-6-7-8-9-15(4)21-22-18(19)16-10-12-17(13-11-16)20-14(2)3/h10-14H,5-9H2,1-4H3. The minimum absolute atomic E-state index is 0.103. The second-order valence-electron chi connectivity index (χ2n) is 5.66. The Hall–Kier alpha value is -1.55. The van der Waals surface area contributed by atoms with Crippen molar-refractivity contribution in [3.8, 4) is 5.75 Å². The number of hydrogen-bond acceptors (Lipinski definition) is 4. The fourth-order valence-electron chi connectivity index (χ4n) is 1.94. The number of carbonyl (C=O) groups is 1. The van der Waals surface area contributed by atoms with E-state index in [4.69, 9.17) is 14.5 Å². The molecule has 1 aromatic carbocycles. The van der Waals surface area contributed by atoms with Gasteiger partial charge in [-0.25, -0.2) is 4.79 Å². The molecule has 0 amide bonds. The molecule has 0 aliphatic rings. The molecule has 0 saturated heterocycles. The second kappa shape index (κ2) is 10.2. The fourth-order valence-corrected chi connectivity index (χ4v) is 1.94. The third-order valence-electron chi connectivity index (χ3n) is 3.10. The molecule has 0 fully saturated rings. The van der Waals surface area contributed by atoms with Crippen LogP contribution in [0.25, 0.3) is 0 Å². The van der Waals surface area contributed by atoms with Gasteiger partial charge in [-0.1, -0.05) is 32.6 Å². The minimum atomic E-state index is -0.496. The second-order valence-corrected chi connectivity index (χ2v) is 5.66. The van der Waals surface area contributed by atoms with Crippen molar-refractivity contribution in [2.24, 2.45) is 0 Å². The molecule has 123 valence electrons. The van der Waals surface area contributed by atoms with E-state index in [0.717, 1.165) is 24.7 Å². The Kier molecular flexibility index (Phi) is 8.60. The van der Waals surface area contributed by atoms with Crippen LogP contribution >= 0.6 is 0 Å². The highest BCUT2D eigenvalue weighted by molar-refractivity contribution is 5.89. The molecule has 0 aliphatic carbocycles. The summed E-state index contributed by atoms with van der Waals surface area (Å²) in [6, 6.07) is 6.83. The predicted molar refractivity (Wildman–Crippen MR) is 86.4 cm³/mol. The molecular formula is C18H27O4. The van der Waals surface area contributed by atoms with Gasteiger partial charge in [0, 0.05) is 0 Å². The molecule has 4 nitrogen and oxygen atoms in total. The van der Waals surface area contributed by atoms with Crippen LogP contribution in [-0.2, 0) is 9.78 Å². The van der Waals surface area contributed by atoms with Gasteiger partial charge in [0.1, 0.15) is 11.9 Å². The summed E-state index contributed by atoms with van der Waals surface area (Å²) in [4.78, 5) is 21.8. The van der Waals surface area contributed by atoms with Gasteiger partial charge in [-0.15, -0.1) is 0 Å². The lowest BCUT2D eigenvalue weighted by Crippen LogP contribution is -2.09. The zero-order chi connectivity index (χ0) is 16.4. The number of hydrogen-bond donors (Lipinski definition) is 0. The number of rotatable bonds is 10. The Bertz CT molecular complexity index is 425. The normalized spacial score (nSPS) is 11.0. The molecule has 4 heteroatoms. The number of carbonyl (C=O) groups excluding carboxylic acids is 1. The van der Waals surface area contributed by atoms with Crippen molar-refractivity contribution in [3.63, 3.8) is 0 Å². The van der Waals surface area contributed by atoms with Gasteiger partial charge in [-0.3, -0.25) is 4.89 Å². The summed E-state index contributed by atoms with van der Waals surface area (Å²) < 4.78 is 5.52. The molecule has 0 bridgehead atoms. The summed E-state index contributed by atoms with van der Waals surface area (Å²) in [5.74, 6) is 0.232. The van der Waals surface area contributed by atoms with Crippen molar-refractivity contribution in [2.45, 2.75) is 65.9 Å². The maximum Gasteiger partial charge on any atom is 0.373 e. The van der Waals surface area contributed by atoms with Crippen LogP contribution in [0.1, 0.15) is 70.2 Å². The van der Waals surface area contributed by atoms with E-state index in [1.54, 1.807) is 24.3 Å². The van der Waals surface area contributed by atoms with Gasteiger partial charge in [0.05, 0.1) is 11.7 Å². The predicted octanol–water partition coefficient (Wildman–Crippen LogP) is 5.08. The zero-order valence-corrected chi connectivity index (χ0v) is 14.1. The van der Waals surface area contributed by atoms with E-state index >= 15 is 0 Å². The first-order chi connectivity index (χ1) is 10.5. The maximum absolute atomic E-state index is 11.9. The molecule has 1 rings (SSSR count). The largest absolute Gasteiger partial charge is 0.491 e. The summed E-state index contributed by atoms with van der Waals surface area (Å²) in [5, 5.41) is 0. The van der Waals surface area contributed by atoms with Crippen LogP contribution in [-0.4, -0.2) is 12.1 Å². The van der Waals surface area contributed by atoms with Gasteiger partial charge in [-0.05, 0) is 51.5 Å². The van der Waals surface area contributed by atoms with Crippen LogP contribution in [0.15, 0.2) is 24.3 Å². The maximum atomic E-state index is 11.9. The lowest BCUT2D eigenvalue weighted by molar-refractivity contribution is -0.233. The average Bonchev–Trinajstić information content (AvgIpc) is 2.49. The van der Waals surface area contributed by atoms with E-state index in [9.17, 15) is 4.79 Å². The Morgan fingerprint density at radius 2 is 1.73 bits per heavy atom. The SMILES string of the molecule is CCCCCC[C](C)OOC(=O)c1ccc(OC(C)C)cc1.